The highest BCUT2D eigenvalue weighted by molar-refractivity contribution is 7.14. The van der Waals surface area contributed by atoms with Crippen LogP contribution in [0.1, 0.15) is 27.8 Å². The molecule has 26 heavy (non-hydrogen) atoms. The minimum absolute atomic E-state index is 0.109. The Labute approximate surface area is 152 Å². The largest absolute Gasteiger partial charge is 0.448 e. The fraction of sp³-hybridized carbons (Fsp3) is 0.111. The number of carbonyl (C=O) groups excluding carboxylic acids is 3. The first kappa shape index (κ1) is 17.6. The van der Waals surface area contributed by atoms with Gasteiger partial charge in [-0.3, -0.25) is 9.59 Å². The van der Waals surface area contributed by atoms with Gasteiger partial charge in [-0.15, -0.1) is 11.3 Å². The lowest BCUT2D eigenvalue weighted by molar-refractivity contribution is -0.123. The van der Waals surface area contributed by atoms with Crippen molar-refractivity contribution in [3.8, 4) is 0 Å². The molecule has 2 aromatic heterocycles. The van der Waals surface area contributed by atoms with Crippen molar-refractivity contribution in [3.63, 3.8) is 0 Å². The van der Waals surface area contributed by atoms with E-state index >= 15 is 0 Å². The van der Waals surface area contributed by atoms with E-state index in [-0.39, 0.29) is 11.3 Å². The molecule has 1 unspecified atom stereocenters. The van der Waals surface area contributed by atoms with Gasteiger partial charge in [0.05, 0.1) is 11.1 Å². The summed E-state index contributed by atoms with van der Waals surface area (Å²) in [5.41, 5.74) is 6.21. The summed E-state index contributed by atoms with van der Waals surface area (Å²) in [4.78, 5) is 40.0. The molecule has 1 atom stereocenters. The second kappa shape index (κ2) is 7.32. The number of hydrogen-bond acceptors (Lipinski definition) is 6. The molecule has 0 spiro atoms. The van der Waals surface area contributed by atoms with Crippen LogP contribution in [0.3, 0.4) is 0 Å². The van der Waals surface area contributed by atoms with Gasteiger partial charge in [0.15, 0.2) is 6.10 Å². The van der Waals surface area contributed by atoms with Gasteiger partial charge in [0.1, 0.15) is 10.7 Å². The molecule has 8 heteroatoms. The lowest BCUT2D eigenvalue weighted by Crippen LogP contribution is -2.30. The third-order valence-corrected chi connectivity index (χ3v) is 4.46. The van der Waals surface area contributed by atoms with Crippen LogP contribution in [0.4, 0.5) is 5.00 Å². The van der Waals surface area contributed by atoms with Crippen molar-refractivity contribution in [1.82, 2.24) is 4.98 Å². The molecule has 0 saturated heterocycles. The minimum Gasteiger partial charge on any atom is -0.448 e. The third kappa shape index (κ3) is 3.70. The number of primary amides is 1. The molecule has 3 N–H and O–H groups in total. The number of carbonyl (C=O) groups is 3. The maximum atomic E-state index is 12.2. The van der Waals surface area contributed by atoms with Crippen molar-refractivity contribution in [1.29, 1.82) is 0 Å². The smallest absolute Gasteiger partial charge is 0.357 e. The average molecular weight is 369 g/mol. The number of pyridine rings is 1. The zero-order valence-corrected chi connectivity index (χ0v) is 14.6. The van der Waals surface area contributed by atoms with Gasteiger partial charge in [-0.05, 0) is 30.5 Å². The Kier molecular flexibility index (Phi) is 4.94. The summed E-state index contributed by atoms with van der Waals surface area (Å²) in [6.07, 6.45) is -1.07. The lowest BCUT2D eigenvalue weighted by Gasteiger charge is -2.13. The van der Waals surface area contributed by atoms with Crippen molar-refractivity contribution >= 4 is 45.0 Å². The number of nitrogens with zero attached hydrogens (tertiary/aromatic N) is 1. The van der Waals surface area contributed by atoms with E-state index in [1.54, 1.807) is 23.6 Å². The van der Waals surface area contributed by atoms with Crippen molar-refractivity contribution in [3.05, 3.63) is 59.1 Å². The minimum atomic E-state index is -1.07. The average Bonchev–Trinajstić information content (AvgIpc) is 3.09. The Balaban J connectivity index is 1.68. The molecule has 0 radical (unpaired) electrons. The molecule has 7 nitrogen and oxygen atoms in total. The molecule has 1 aromatic carbocycles. The molecule has 3 rings (SSSR count). The first-order valence-electron chi connectivity index (χ1n) is 7.70. The van der Waals surface area contributed by atoms with Gasteiger partial charge >= 0.3 is 5.97 Å². The summed E-state index contributed by atoms with van der Waals surface area (Å²) in [6.45, 7) is 1.44. The number of hydrogen-bond donors (Lipinski definition) is 2. The molecule has 2 amide bonds. The zero-order valence-electron chi connectivity index (χ0n) is 13.8. The molecule has 0 aliphatic rings. The fourth-order valence-corrected chi connectivity index (χ4v) is 3.06. The van der Waals surface area contributed by atoms with Crippen LogP contribution < -0.4 is 11.1 Å². The number of fused-ring (bicyclic) bond motifs is 1. The number of amides is 2. The summed E-state index contributed by atoms with van der Waals surface area (Å²) < 4.78 is 5.17. The first-order chi connectivity index (χ1) is 12.5. The van der Waals surface area contributed by atoms with Gasteiger partial charge in [-0.2, -0.15) is 0 Å². The molecule has 3 aromatic rings. The number of para-hydroxylation sites is 1. The van der Waals surface area contributed by atoms with E-state index in [0.717, 1.165) is 16.7 Å². The fourth-order valence-electron chi connectivity index (χ4n) is 2.27. The molecule has 0 bridgehead atoms. The number of nitrogens with one attached hydrogen (secondary N) is 1. The van der Waals surface area contributed by atoms with Crippen molar-refractivity contribution in [2.75, 3.05) is 5.32 Å². The van der Waals surface area contributed by atoms with E-state index in [9.17, 15) is 14.4 Å². The van der Waals surface area contributed by atoms with E-state index in [4.69, 9.17) is 10.5 Å². The van der Waals surface area contributed by atoms with Crippen molar-refractivity contribution in [2.24, 2.45) is 5.73 Å². The van der Waals surface area contributed by atoms with Gasteiger partial charge in [0, 0.05) is 5.39 Å². The molecular formula is C18H15N3O4S. The summed E-state index contributed by atoms with van der Waals surface area (Å²) in [7, 11) is 0. The highest BCUT2D eigenvalue weighted by Crippen LogP contribution is 2.23. The number of rotatable bonds is 5. The van der Waals surface area contributed by atoms with E-state index in [1.807, 2.05) is 18.2 Å². The first-order valence-corrected chi connectivity index (χ1v) is 8.58. The van der Waals surface area contributed by atoms with Gasteiger partial charge < -0.3 is 15.8 Å². The molecule has 2 heterocycles. The maximum Gasteiger partial charge on any atom is 0.357 e. The third-order valence-electron chi connectivity index (χ3n) is 3.63. The second-order valence-electron chi connectivity index (χ2n) is 5.45. The molecule has 0 saturated carbocycles. The number of benzene rings is 1. The maximum absolute atomic E-state index is 12.2. The number of anilines is 1. The summed E-state index contributed by atoms with van der Waals surface area (Å²) >= 11 is 1.15. The van der Waals surface area contributed by atoms with Crippen molar-refractivity contribution in [2.45, 2.75) is 13.0 Å². The van der Waals surface area contributed by atoms with Gasteiger partial charge in [0.2, 0.25) is 0 Å². The predicted octanol–water partition coefficient (Wildman–Crippen LogP) is 2.58. The van der Waals surface area contributed by atoms with Crippen LogP contribution in [-0.2, 0) is 9.53 Å². The van der Waals surface area contributed by atoms with Crippen LogP contribution in [0.25, 0.3) is 10.9 Å². The lowest BCUT2D eigenvalue weighted by atomic mass is 10.2. The highest BCUT2D eigenvalue weighted by atomic mass is 32.1. The molecular weight excluding hydrogens is 354 g/mol. The Morgan fingerprint density at radius 1 is 1.15 bits per heavy atom. The number of aromatic nitrogens is 1. The summed E-state index contributed by atoms with van der Waals surface area (Å²) in [5, 5.41) is 5.38. The number of nitrogens with two attached hydrogens (primary N) is 1. The van der Waals surface area contributed by atoms with Crippen LogP contribution in [0.2, 0.25) is 0 Å². The van der Waals surface area contributed by atoms with E-state index in [2.05, 4.69) is 10.3 Å². The molecule has 0 aliphatic heterocycles. The van der Waals surface area contributed by atoms with E-state index < -0.39 is 23.9 Å². The monoisotopic (exact) mass is 369 g/mol. The SMILES string of the molecule is CC(OC(=O)c1ccc2ccccc2n1)C(=O)Nc1sccc1C(N)=O. The predicted molar refractivity (Wildman–Crippen MR) is 98.1 cm³/mol. The quantitative estimate of drug-likeness (QED) is 0.672. The Morgan fingerprint density at radius 3 is 2.69 bits per heavy atom. The zero-order chi connectivity index (χ0) is 18.7. The Morgan fingerprint density at radius 2 is 1.92 bits per heavy atom. The van der Waals surface area contributed by atoms with Gasteiger partial charge in [-0.25, -0.2) is 9.78 Å². The Bertz CT molecular complexity index is 999. The molecule has 0 aliphatic carbocycles. The number of esters is 1. The Hall–Kier alpha value is -3.26. The second-order valence-corrected chi connectivity index (χ2v) is 6.37. The van der Waals surface area contributed by atoms with Gasteiger partial charge in [0.25, 0.3) is 11.8 Å². The van der Waals surface area contributed by atoms with Crippen LogP contribution in [-0.4, -0.2) is 28.9 Å². The number of ether oxygens (including phenoxy) is 1. The van der Waals surface area contributed by atoms with Crippen molar-refractivity contribution < 1.29 is 19.1 Å². The normalized spacial score (nSPS) is 11.7. The van der Waals surface area contributed by atoms with Gasteiger partial charge in [-0.1, -0.05) is 24.3 Å². The van der Waals surface area contributed by atoms with Crippen LogP contribution >= 0.6 is 11.3 Å². The van der Waals surface area contributed by atoms with E-state index in [1.165, 1.54) is 13.0 Å². The highest BCUT2D eigenvalue weighted by Gasteiger charge is 2.22. The van der Waals surface area contributed by atoms with E-state index in [0.29, 0.717) is 10.5 Å². The van der Waals surface area contributed by atoms with Crippen LogP contribution in [0, 0.1) is 0 Å². The molecule has 0 fully saturated rings. The summed E-state index contributed by atoms with van der Waals surface area (Å²) in [5.74, 6) is -1.92. The standard InChI is InChI=1S/C18H15N3O4S/c1-10(16(23)21-17-12(15(19)22)8-9-26-17)25-18(24)14-7-6-11-4-2-3-5-13(11)20-14/h2-10H,1H3,(H2,19,22)(H,21,23). The number of thiophene rings is 1. The summed E-state index contributed by atoms with van der Waals surface area (Å²) in [6, 6.07) is 12.2. The molecule has 132 valence electrons. The van der Waals surface area contributed by atoms with Crippen LogP contribution in [0.15, 0.2) is 47.8 Å². The topological polar surface area (TPSA) is 111 Å². The van der Waals surface area contributed by atoms with Crippen LogP contribution in [0.5, 0.6) is 0 Å².